The Morgan fingerprint density at radius 1 is 1.17 bits per heavy atom. The van der Waals surface area contributed by atoms with Crippen LogP contribution in [0, 0.1) is 12.8 Å². The number of hydrogen-bond acceptors (Lipinski definition) is 4. The van der Waals surface area contributed by atoms with Crippen molar-refractivity contribution < 1.29 is 4.74 Å². The first-order valence-electron chi connectivity index (χ1n) is 11.6. The SMILES string of the molecule is CCCCCOc1cc(C)ccc1CNC(=NC)NCC(C)CN1CCN(C)CC1. The van der Waals surface area contributed by atoms with Crippen molar-refractivity contribution in [1.82, 2.24) is 20.4 Å². The smallest absolute Gasteiger partial charge is 0.191 e. The first-order valence-corrected chi connectivity index (χ1v) is 11.6. The number of aryl methyl sites for hydroxylation is 1. The highest BCUT2D eigenvalue weighted by atomic mass is 16.5. The van der Waals surface area contributed by atoms with E-state index in [1.54, 1.807) is 0 Å². The largest absolute Gasteiger partial charge is 0.493 e. The van der Waals surface area contributed by atoms with Crippen LogP contribution in [0.15, 0.2) is 23.2 Å². The maximum absolute atomic E-state index is 6.07. The molecule has 0 saturated carbocycles. The molecule has 1 unspecified atom stereocenters. The Morgan fingerprint density at radius 2 is 1.93 bits per heavy atom. The van der Waals surface area contributed by atoms with Gasteiger partial charge in [0.25, 0.3) is 0 Å². The Morgan fingerprint density at radius 3 is 2.63 bits per heavy atom. The summed E-state index contributed by atoms with van der Waals surface area (Å²) in [5.74, 6) is 2.40. The molecular weight excluding hydrogens is 374 g/mol. The van der Waals surface area contributed by atoms with Crippen molar-refractivity contribution >= 4 is 5.96 Å². The normalized spacial score (nSPS) is 17.0. The maximum Gasteiger partial charge on any atom is 0.191 e. The number of hydrogen-bond donors (Lipinski definition) is 2. The van der Waals surface area contributed by atoms with E-state index in [1.807, 2.05) is 7.05 Å². The summed E-state index contributed by atoms with van der Waals surface area (Å²) in [4.78, 5) is 9.37. The molecule has 6 nitrogen and oxygen atoms in total. The van der Waals surface area contributed by atoms with Gasteiger partial charge < -0.3 is 25.2 Å². The van der Waals surface area contributed by atoms with Gasteiger partial charge in [0.05, 0.1) is 6.61 Å². The van der Waals surface area contributed by atoms with Crippen molar-refractivity contribution in [2.45, 2.75) is 46.6 Å². The van der Waals surface area contributed by atoms with E-state index in [4.69, 9.17) is 4.74 Å². The van der Waals surface area contributed by atoms with Crippen molar-refractivity contribution in [1.29, 1.82) is 0 Å². The van der Waals surface area contributed by atoms with E-state index in [9.17, 15) is 0 Å². The lowest BCUT2D eigenvalue weighted by atomic mass is 10.1. The van der Waals surface area contributed by atoms with Crippen molar-refractivity contribution in [2.24, 2.45) is 10.9 Å². The summed E-state index contributed by atoms with van der Waals surface area (Å²) in [6, 6.07) is 6.43. The number of unbranched alkanes of at least 4 members (excludes halogenated alkanes) is 2. The fourth-order valence-electron chi connectivity index (χ4n) is 3.68. The van der Waals surface area contributed by atoms with Crippen molar-refractivity contribution in [3.05, 3.63) is 29.3 Å². The van der Waals surface area contributed by atoms with Gasteiger partial charge in [0, 0.05) is 58.4 Å². The molecule has 1 aliphatic rings. The second kappa shape index (κ2) is 13.5. The summed E-state index contributed by atoms with van der Waals surface area (Å²) in [5.41, 5.74) is 2.40. The van der Waals surface area contributed by atoms with Gasteiger partial charge in [-0.05, 0) is 37.9 Å². The molecule has 1 aromatic carbocycles. The minimum Gasteiger partial charge on any atom is -0.493 e. The Balaban J connectivity index is 1.78. The van der Waals surface area contributed by atoms with Crippen LogP contribution >= 0.6 is 0 Å². The standard InChI is InChI=1S/C24H43N5O/c1-6-7-8-15-30-23-16-20(2)9-10-22(23)18-27-24(25-4)26-17-21(3)19-29-13-11-28(5)12-14-29/h9-10,16,21H,6-8,11-15,17-19H2,1-5H3,(H2,25,26,27). The lowest BCUT2D eigenvalue weighted by Gasteiger charge is -2.34. The molecule has 1 atom stereocenters. The number of rotatable bonds is 11. The van der Waals surface area contributed by atoms with Crippen LogP contribution in [0.1, 0.15) is 44.2 Å². The van der Waals surface area contributed by atoms with Gasteiger partial charge in [0.15, 0.2) is 5.96 Å². The highest BCUT2D eigenvalue weighted by molar-refractivity contribution is 5.79. The second-order valence-electron chi connectivity index (χ2n) is 8.68. The summed E-state index contributed by atoms with van der Waals surface area (Å²) in [5, 5.41) is 6.94. The molecule has 170 valence electrons. The van der Waals surface area contributed by atoms with Gasteiger partial charge in [-0.2, -0.15) is 0 Å². The molecule has 0 aromatic heterocycles. The number of aliphatic imine (C=N–C) groups is 1. The fraction of sp³-hybridized carbons (Fsp3) is 0.708. The molecule has 1 saturated heterocycles. The van der Waals surface area contributed by atoms with Crippen molar-refractivity contribution in [3.63, 3.8) is 0 Å². The molecular formula is C24H43N5O. The molecule has 0 bridgehead atoms. The van der Waals surface area contributed by atoms with E-state index in [0.717, 1.165) is 37.8 Å². The zero-order valence-electron chi connectivity index (χ0n) is 19.8. The minimum atomic E-state index is 0.573. The Bertz CT molecular complexity index is 640. The van der Waals surface area contributed by atoms with Crippen LogP contribution in [0.5, 0.6) is 5.75 Å². The average Bonchev–Trinajstić information content (AvgIpc) is 2.74. The third kappa shape index (κ3) is 8.92. The molecule has 1 fully saturated rings. The van der Waals surface area contributed by atoms with Crippen molar-refractivity contribution in [3.8, 4) is 5.75 Å². The van der Waals surface area contributed by atoms with Gasteiger partial charge in [0.2, 0.25) is 0 Å². The van der Waals surface area contributed by atoms with Gasteiger partial charge in [-0.15, -0.1) is 0 Å². The van der Waals surface area contributed by atoms with E-state index >= 15 is 0 Å². The molecule has 2 rings (SSSR count). The Labute approximate surface area is 184 Å². The predicted octanol–water partition coefficient (Wildman–Crippen LogP) is 3.11. The van der Waals surface area contributed by atoms with Crippen LogP contribution in [0.25, 0.3) is 0 Å². The molecule has 1 aromatic rings. The molecule has 1 aliphatic heterocycles. The average molecular weight is 418 g/mol. The number of nitrogens with zero attached hydrogens (tertiary/aromatic N) is 3. The fourth-order valence-corrected chi connectivity index (χ4v) is 3.68. The Hall–Kier alpha value is -1.79. The highest BCUT2D eigenvalue weighted by Gasteiger charge is 2.16. The zero-order chi connectivity index (χ0) is 21.8. The quantitative estimate of drug-likeness (QED) is 0.329. The van der Waals surface area contributed by atoms with Gasteiger partial charge >= 0.3 is 0 Å². The molecule has 30 heavy (non-hydrogen) atoms. The van der Waals surface area contributed by atoms with E-state index in [-0.39, 0.29) is 0 Å². The topological polar surface area (TPSA) is 52.1 Å². The lowest BCUT2D eigenvalue weighted by molar-refractivity contribution is 0.139. The molecule has 6 heteroatoms. The van der Waals surface area contributed by atoms with Crippen LogP contribution in [-0.2, 0) is 6.54 Å². The summed E-state index contributed by atoms with van der Waals surface area (Å²) in [6.07, 6.45) is 3.52. The van der Waals surface area contributed by atoms with E-state index < -0.39 is 0 Å². The van der Waals surface area contributed by atoms with Gasteiger partial charge in [-0.25, -0.2) is 0 Å². The van der Waals surface area contributed by atoms with Crippen molar-refractivity contribution in [2.75, 3.05) is 60.0 Å². The number of nitrogens with one attached hydrogen (secondary N) is 2. The first-order chi connectivity index (χ1) is 14.5. The highest BCUT2D eigenvalue weighted by Crippen LogP contribution is 2.20. The molecule has 0 spiro atoms. The molecule has 1 heterocycles. The summed E-state index contributed by atoms with van der Waals surface area (Å²) in [7, 11) is 4.03. The number of ether oxygens (including phenoxy) is 1. The van der Waals surface area contributed by atoms with Gasteiger partial charge in [0.1, 0.15) is 5.75 Å². The van der Waals surface area contributed by atoms with Crippen LogP contribution in [0.2, 0.25) is 0 Å². The van der Waals surface area contributed by atoms with E-state index in [0.29, 0.717) is 12.5 Å². The monoisotopic (exact) mass is 417 g/mol. The van der Waals surface area contributed by atoms with Crippen LogP contribution in [-0.4, -0.2) is 75.7 Å². The number of guanidine groups is 1. The van der Waals surface area contributed by atoms with Crippen LogP contribution in [0.3, 0.4) is 0 Å². The Kier molecular flexibility index (Phi) is 11.0. The molecule has 2 N–H and O–H groups in total. The van der Waals surface area contributed by atoms with Crippen LogP contribution in [0.4, 0.5) is 0 Å². The maximum atomic E-state index is 6.07. The van der Waals surface area contributed by atoms with E-state index in [2.05, 4.69) is 71.4 Å². The number of benzene rings is 1. The molecule has 0 amide bonds. The third-order valence-electron chi connectivity index (χ3n) is 5.68. The van der Waals surface area contributed by atoms with Gasteiger partial charge in [-0.3, -0.25) is 4.99 Å². The van der Waals surface area contributed by atoms with Gasteiger partial charge in [-0.1, -0.05) is 38.8 Å². The third-order valence-corrected chi connectivity index (χ3v) is 5.68. The number of likely N-dealkylation sites (N-methyl/N-ethyl adjacent to an activating group) is 1. The predicted molar refractivity (Wildman–Crippen MR) is 128 cm³/mol. The van der Waals surface area contributed by atoms with Crippen LogP contribution < -0.4 is 15.4 Å². The zero-order valence-corrected chi connectivity index (χ0v) is 19.8. The van der Waals surface area contributed by atoms with E-state index in [1.165, 1.54) is 50.1 Å². The summed E-state index contributed by atoms with van der Waals surface area (Å²) in [6.45, 7) is 14.8. The summed E-state index contributed by atoms with van der Waals surface area (Å²) >= 11 is 0. The second-order valence-corrected chi connectivity index (χ2v) is 8.68. The minimum absolute atomic E-state index is 0.573. The first kappa shape index (κ1) is 24.5. The summed E-state index contributed by atoms with van der Waals surface area (Å²) < 4.78 is 6.07. The number of piperazine rings is 1. The lowest BCUT2D eigenvalue weighted by Crippen LogP contribution is -2.47. The molecule has 0 aliphatic carbocycles. The molecule has 0 radical (unpaired) electrons.